The molecule has 25 heavy (non-hydrogen) atoms. The van der Waals surface area contributed by atoms with Crippen LogP contribution in [0.1, 0.15) is 23.5 Å². The number of rotatable bonds is 4. The van der Waals surface area contributed by atoms with Gasteiger partial charge in [-0.2, -0.15) is 0 Å². The maximum absolute atomic E-state index is 12.4. The summed E-state index contributed by atoms with van der Waals surface area (Å²) in [5.41, 5.74) is 0.227. The van der Waals surface area contributed by atoms with Crippen molar-refractivity contribution < 1.29 is 14.1 Å². The van der Waals surface area contributed by atoms with Crippen molar-refractivity contribution >= 4 is 11.6 Å². The number of oxazole rings is 1. The van der Waals surface area contributed by atoms with Crippen molar-refractivity contribution in [3.05, 3.63) is 46.5 Å². The second-order valence-corrected chi connectivity index (χ2v) is 6.52. The molecule has 1 amide bonds. The molecule has 0 saturated carbocycles. The Morgan fingerprint density at radius 1 is 1.32 bits per heavy atom. The molecule has 3 fully saturated rings. The molecule has 2 bridgehead atoms. The van der Waals surface area contributed by atoms with Crippen LogP contribution < -0.4 is 5.32 Å². The van der Waals surface area contributed by atoms with E-state index in [-0.39, 0.29) is 29.3 Å². The number of benzene rings is 1. The number of hydrogen-bond acceptors (Lipinski definition) is 6. The molecule has 0 spiro atoms. The quantitative estimate of drug-likeness (QED) is 0.674. The summed E-state index contributed by atoms with van der Waals surface area (Å²) >= 11 is 0. The number of nitro benzene ring substituents is 1. The van der Waals surface area contributed by atoms with Crippen molar-refractivity contribution in [3.8, 4) is 11.3 Å². The van der Waals surface area contributed by atoms with Gasteiger partial charge in [0.1, 0.15) is 0 Å². The van der Waals surface area contributed by atoms with Gasteiger partial charge in [0.2, 0.25) is 0 Å². The highest BCUT2D eigenvalue weighted by Gasteiger charge is 2.35. The SMILES string of the molecule is O=C(NC1CN2CCC1CC2)c1ncc(-c2ccccc2[N+](=O)[O-])o1. The molecule has 0 radical (unpaired) electrons. The largest absolute Gasteiger partial charge is 0.432 e. The summed E-state index contributed by atoms with van der Waals surface area (Å²) in [5, 5.41) is 14.1. The first kappa shape index (κ1) is 15.8. The van der Waals surface area contributed by atoms with Crippen molar-refractivity contribution in [1.29, 1.82) is 0 Å². The average molecular weight is 342 g/mol. The van der Waals surface area contributed by atoms with Crippen molar-refractivity contribution in [2.45, 2.75) is 18.9 Å². The monoisotopic (exact) mass is 342 g/mol. The van der Waals surface area contributed by atoms with Crippen molar-refractivity contribution in [2.75, 3.05) is 19.6 Å². The van der Waals surface area contributed by atoms with Crippen LogP contribution in [0.25, 0.3) is 11.3 Å². The lowest BCUT2D eigenvalue weighted by atomic mass is 9.84. The Balaban J connectivity index is 1.51. The van der Waals surface area contributed by atoms with E-state index >= 15 is 0 Å². The van der Waals surface area contributed by atoms with Crippen molar-refractivity contribution in [2.24, 2.45) is 5.92 Å². The molecular weight excluding hydrogens is 324 g/mol. The molecule has 1 unspecified atom stereocenters. The van der Waals surface area contributed by atoms with E-state index in [2.05, 4.69) is 15.2 Å². The number of nitrogens with one attached hydrogen (secondary N) is 1. The summed E-state index contributed by atoms with van der Waals surface area (Å²) in [6.45, 7) is 3.05. The van der Waals surface area contributed by atoms with Crippen LogP contribution >= 0.6 is 0 Å². The molecule has 8 heteroatoms. The smallest absolute Gasteiger partial charge is 0.307 e. The predicted molar refractivity (Wildman–Crippen MR) is 89.0 cm³/mol. The van der Waals surface area contributed by atoms with Crippen LogP contribution in [0.3, 0.4) is 0 Å². The molecule has 1 N–H and O–H groups in total. The molecule has 5 rings (SSSR count). The number of fused-ring (bicyclic) bond motifs is 3. The van der Waals surface area contributed by atoms with Gasteiger partial charge in [-0.05, 0) is 37.9 Å². The van der Waals surface area contributed by atoms with E-state index in [9.17, 15) is 14.9 Å². The van der Waals surface area contributed by atoms with Crippen LogP contribution in [0.4, 0.5) is 5.69 Å². The van der Waals surface area contributed by atoms with Crippen LogP contribution in [0.15, 0.2) is 34.9 Å². The summed E-state index contributed by atoms with van der Waals surface area (Å²) in [6, 6.07) is 6.34. The minimum atomic E-state index is -0.481. The van der Waals surface area contributed by atoms with Gasteiger partial charge in [0.05, 0.1) is 16.7 Å². The normalized spacial score (nSPS) is 24.9. The molecule has 3 aliphatic rings. The fourth-order valence-electron chi connectivity index (χ4n) is 3.70. The number of nitro groups is 1. The van der Waals surface area contributed by atoms with Crippen molar-refractivity contribution in [1.82, 2.24) is 15.2 Å². The predicted octanol–water partition coefficient (Wildman–Crippen LogP) is 2.07. The molecule has 8 nitrogen and oxygen atoms in total. The maximum Gasteiger partial charge on any atom is 0.307 e. The van der Waals surface area contributed by atoms with Crippen LogP contribution in [-0.4, -0.2) is 46.4 Å². The molecular formula is C17H18N4O4. The fourth-order valence-corrected chi connectivity index (χ4v) is 3.70. The molecule has 3 aliphatic heterocycles. The number of hydrogen-bond donors (Lipinski definition) is 1. The standard InChI is InChI=1S/C17H18N4O4/c22-16(19-13-10-20-7-5-11(13)6-8-20)17-18-9-15(25-17)12-3-1-2-4-14(12)21(23)24/h1-4,9,11,13H,5-8,10H2,(H,19,22). The van der Waals surface area contributed by atoms with Gasteiger partial charge in [-0.15, -0.1) is 0 Å². The van der Waals surface area contributed by atoms with Crippen LogP contribution in [0.2, 0.25) is 0 Å². The number of amides is 1. The van der Waals surface area contributed by atoms with Gasteiger partial charge >= 0.3 is 5.91 Å². The summed E-state index contributed by atoms with van der Waals surface area (Å²) < 4.78 is 5.50. The minimum absolute atomic E-state index is 0.0652. The third-order valence-electron chi connectivity index (χ3n) is 5.04. The molecule has 1 atom stereocenters. The lowest BCUT2D eigenvalue weighted by molar-refractivity contribution is -0.384. The lowest BCUT2D eigenvalue weighted by Gasteiger charge is -2.44. The Kier molecular flexibility index (Phi) is 3.96. The summed E-state index contributed by atoms with van der Waals surface area (Å²) in [4.78, 5) is 29.4. The zero-order chi connectivity index (χ0) is 17.4. The Morgan fingerprint density at radius 2 is 2.08 bits per heavy atom. The highest BCUT2D eigenvalue weighted by atomic mass is 16.6. The Labute approximate surface area is 144 Å². The Morgan fingerprint density at radius 3 is 2.76 bits per heavy atom. The van der Waals surface area contributed by atoms with E-state index in [0.29, 0.717) is 11.5 Å². The van der Waals surface area contributed by atoms with Crippen LogP contribution in [-0.2, 0) is 0 Å². The third-order valence-corrected chi connectivity index (χ3v) is 5.04. The molecule has 1 aromatic carbocycles. The summed E-state index contributed by atoms with van der Waals surface area (Å²) in [7, 11) is 0. The first-order valence-electron chi connectivity index (χ1n) is 8.34. The van der Waals surface area contributed by atoms with Gasteiger partial charge in [0.15, 0.2) is 5.76 Å². The average Bonchev–Trinajstić information content (AvgIpc) is 3.13. The van der Waals surface area contributed by atoms with Gasteiger partial charge in [-0.25, -0.2) is 4.98 Å². The first-order valence-corrected chi connectivity index (χ1v) is 8.34. The van der Waals surface area contributed by atoms with E-state index < -0.39 is 4.92 Å². The fraction of sp³-hybridized carbons (Fsp3) is 0.412. The molecule has 0 aliphatic carbocycles. The second-order valence-electron chi connectivity index (χ2n) is 6.52. The zero-order valence-corrected chi connectivity index (χ0v) is 13.6. The molecule has 3 saturated heterocycles. The van der Waals surface area contributed by atoms with Gasteiger partial charge in [0, 0.05) is 18.7 Å². The number of nitrogens with zero attached hydrogens (tertiary/aromatic N) is 3. The summed E-state index contributed by atoms with van der Waals surface area (Å²) in [6.07, 6.45) is 3.55. The molecule has 1 aromatic heterocycles. The molecule has 2 aromatic rings. The van der Waals surface area contributed by atoms with Crippen LogP contribution in [0, 0.1) is 16.0 Å². The van der Waals surface area contributed by atoms with Gasteiger partial charge < -0.3 is 14.6 Å². The second kappa shape index (κ2) is 6.29. The van der Waals surface area contributed by atoms with Gasteiger partial charge in [-0.1, -0.05) is 12.1 Å². The Bertz CT molecular complexity index is 810. The van der Waals surface area contributed by atoms with E-state index in [1.54, 1.807) is 18.2 Å². The highest BCUT2D eigenvalue weighted by molar-refractivity contribution is 5.90. The number of aromatic nitrogens is 1. The lowest BCUT2D eigenvalue weighted by Crippen LogP contribution is -2.57. The number of carbonyl (C=O) groups excluding carboxylic acids is 1. The van der Waals surface area contributed by atoms with E-state index in [0.717, 1.165) is 32.5 Å². The van der Waals surface area contributed by atoms with E-state index in [1.807, 2.05) is 0 Å². The third kappa shape index (κ3) is 3.00. The maximum atomic E-state index is 12.4. The molecule has 130 valence electrons. The van der Waals surface area contributed by atoms with E-state index in [4.69, 9.17) is 4.42 Å². The zero-order valence-electron chi connectivity index (χ0n) is 13.6. The van der Waals surface area contributed by atoms with E-state index in [1.165, 1.54) is 12.3 Å². The summed E-state index contributed by atoms with van der Waals surface area (Å²) in [5.74, 6) is 0.276. The van der Waals surface area contributed by atoms with Gasteiger partial charge in [0.25, 0.3) is 11.6 Å². The van der Waals surface area contributed by atoms with Crippen LogP contribution in [0.5, 0.6) is 0 Å². The number of carbonyl (C=O) groups is 1. The minimum Gasteiger partial charge on any atom is -0.432 e. The highest BCUT2D eigenvalue weighted by Crippen LogP contribution is 2.30. The van der Waals surface area contributed by atoms with Crippen molar-refractivity contribution in [3.63, 3.8) is 0 Å². The first-order chi connectivity index (χ1) is 12.1. The molecule has 4 heterocycles. The number of piperidine rings is 3. The number of para-hydroxylation sites is 1. The Hall–Kier alpha value is -2.74. The van der Waals surface area contributed by atoms with Gasteiger partial charge in [-0.3, -0.25) is 14.9 Å². The topological polar surface area (TPSA) is 102 Å².